The van der Waals surface area contributed by atoms with Gasteiger partial charge in [-0.1, -0.05) is 28.8 Å². The largest absolute Gasteiger partial charge is 0.288 e. The third-order valence-corrected chi connectivity index (χ3v) is 3.42. The van der Waals surface area contributed by atoms with E-state index in [0.29, 0.717) is 0 Å². The van der Waals surface area contributed by atoms with Gasteiger partial charge in [-0.15, -0.1) is 0 Å². The molecule has 6 nitrogen and oxygen atoms in total. The van der Waals surface area contributed by atoms with Crippen LogP contribution in [0.4, 0.5) is 5.69 Å². The third-order valence-electron chi connectivity index (χ3n) is 3.10. The number of nitrogens with one attached hydrogen (secondary N) is 1. The molecule has 0 bridgehead atoms. The zero-order valence-electron chi connectivity index (χ0n) is 13.9. The Morgan fingerprint density at radius 3 is 2.71 bits per heavy atom. The molecule has 0 radical (unpaired) electrons. The lowest BCUT2D eigenvalue weighted by atomic mass is 10.1. The van der Waals surface area contributed by atoms with Crippen molar-refractivity contribution in [3.05, 3.63) is 62.2 Å². The average molecular weight is 350 g/mol. The summed E-state index contributed by atoms with van der Waals surface area (Å²) in [5.74, 6) is -0.540. The van der Waals surface area contributed by atoms with Crippen LogP contribution in [0, 0.1) is 10.1 Å². The molecule has 0 heterocycles. The molecule has 0 unspecified atom stereocenters. The van der Waals surface area contributed by atoms with Crippen molar-refractivity contribution in [1.82, 2.24) is 5.43 Å². The number of nitrogens with zero attached hydrogens (tertiary/aromatic N) is 2. The predicted molar refractivity (Wildman–Crippen MR) is 96.5 cm³/mol. The Kier molecular flexibility index (Phi) is 7.85. The predicted octanol–water partition coefficient (Wildman–Crippen LogP) is 4.66. The van der Waals surface area contributed by atoms with Crippen LogP contribution in [0.5, 0.6) is 0 Å². The fourth-order valence-corrected chi connectivity index (χ4v) is 1.98. The van der Waals surface area contributed by atoms with E-state index in [2.05, 4.69) is 30.5 Å². The molecule has 0 aliphatic rings. The van der Waals surface area contributed by atoms with Crippen molar-refractivity contribution in [1.29, 1.82) is 0 Å². The topological polar surface area (TPSA) is 84.6 Å². The minimum absolute atomic E-state index is 0.0185. The number of hydrogen-bond donors (Lipinski definition) is 1. The van der Waals surface area contributed by atoms with Crippen molar-refractivity contribution in [2.24, 2.45) is 5.10 Å². The molecule has 0 fully saturated rings. The Hall–Kier alpha value is -2.47. The summed E-state index contributed by atoms with van der Waals surface area (Å²) in [6.07, 6.45) is 7.32. The lowest BCUT2D eigenvalue weighted by Crippen LogP contribution is -2.17. The molecular weight excluding hydrogens is 330 g/mol. The first-order chi connectivity index (χ1) is 11.3. The van der Waals surface area contributed by atoms with Crippen molar-refractivity contribution in [2.75, 3.05) is 0 Å². The van der Waals surface area contributed by atoms with Gasteiger partial charge in [0.1, 0.15) is 5.02 Å². The van der Waals surface area contributed by atoms with Crippen LogP contribution in [0.2, 0.25) is 5.02 Å². The Bertz CT molecular complexity index is 705. The molecule has 0 aliphatic carbocycles. The molecule has 0 saturated heterocycles. The van der Waals surface area contributed by atoms with E-state index >= 15 is 0 Å². The number of nitro groups is 1. The molecule has 1 amide bonds. The number of benzene rings is 1. The Labute approximate surface area is 146 Å². The van der Waals surface area contributed by atoms with Gasteiger partial charge in [-0.05, 0) is 51.8 Å². The van der Waals surface area contributed by atoms with Crippen molar-refractivity contribution < 1.29 is 9.72 Å². The summed E-state index contributed by atoms with van der Waals surface area (Å²) in [6.45, 7) is 6.09. The van der Waals surface area contributed by atoms with Gasteiger partial charge in [-0.2, -0.15) is 5.10 Å². The second-order valence-electron chi connectivity index (χ2n) is 5.48. The summed E-state index contributed by atoms with van der Waals surface area (Å²) in [5.41, 5.74) is 4.53. The quantitative estimate of drug-likeness (QED) is 0.336. The summed E-state index contributed by atoms with van der Waals surface area (Å²) >= 11 is 5.70. The number of allylic oxidation sites excluding steroid dienone is 4. The van der Waals surface area contributed by atoms with Crippen LogP contribution >= 0.6 is 11.6 Å². The molecule has 1 rings (SSSR count). The molecular formula is C17H20ClN3O3. The molecule has 0 saturated carbocycles. The third kappa shape index (κ3) is 6.75. The van der Waals surface area contributed by atoms with E-state index in [1.807, 2.05) is 13.0 Å². The summed E-state index contributed by atoms with van der Waals surface area (Å²) in [6, 6.07) is 3.83. The number of hydrogen-bond acceptors (Lipinski definition) is 4. The van der Waals surface area contributed by atoms with Gasteiger partial charge >= 0.3 is 0 Å². The number of halogens is 1. The number of nitro benzene ring substituents is 1. The lowest BCUT2D eigenvalue weighted by Gasteiger charge is -2.01. The van der Waals surface area contributed by atoms with Crippen LogP contribution in [0.1, 0.15) is 44.0 Å². The molecule has 0 aromatic heterocycles. The molecule has 0 spiro atoms. The zero-order chi connectivity index (χ0) is 18.1. The van der Waals surface area contributed by atoms with Crippen molar-refractivity contribution in [3.63, 3.8) is 0 Å². The average Bonchev–Trinajstić information content (AvgIpc) is 2.51. The van der Waals surface area contributed by atoms with E-state index in [1.165, 1.54) is 23.9 Å². The molecule has 128 valence electrons. The number of amides is 1. The summed E-state index contributed by atoms with van der Waals surface area (Å²) in [5, 5.41) is 14.6. The lowest BCUT2D eigenvalue weighted by molar-refractivity contribution is -0.384. The summed E-state index contributed by atoms with van der Waals surface area (Å²) in [7, 11) is 0. The minimum atomic E-state index is -0.638. The maximum atomic E-state index is 11.9. The first-order valence-electron chi connectivity index (χ1n) is 7.37. The van der Waals surface area contributed by atoms with E-state index in [0.717, 1.165) is 24.5 Å². The molecule has 1 aromatic carbocycles. The number of carbonyl (C=O) groups is 1. The van der Waals surface area contributed by atoms with Crippen molar-refractivity contribution >= 4 is 29.4 Å². The zero-order valence-corrected chi connectivity index (χ0v) is 14.6. The Morgan fingerprint density at radius 1 is 1.38 bits per heavy atom. The van der Waals surface area contributed by atoms with E-state index < -0.39 is 10.8 Å². The molecule has 1 aromatic rings. The van der Waals surface area contributed by atoms with Crippen LogP contribution < -0.4 is 5.43 Å². The Morgan fingerprint density at radius 2 is 2.08 bits per heavy atom. The van der Waals surface area contributed by atoms with E-state index in [-0.39, 0.29) is 16.3 Å². The molecule has 0 atom stereocenters. The highest BCUT2D eigenvalue weighted by Crippen LogP contribution is 2.24. The van der Waals surface area contributed by atoms with Crippen LogP contribution in [-0.4, -0.2) is 17.0 Å². The van der Waals surface area contributed by atoms with Gasteiger partial charge < -0.3 is 0 Å². The van der Waals surface area contributed by atoms with Gasteiger partial charge in [0.15, 0.2) is 0 Å². The highest BCUT2D eigenvalue weighted by Gasteiger charge is 2.15. The van der Waals surface area contributed by atoms with E-state index in [1.54, 1.807) is 0 Å². The standard InChI is InChI=1S/C17H20ClN3O3/c1-12(2)5-4-6-13(3)9-10-19-20-17(22)14-7-8-15(18)16(11-14)21(23)24/h5,7-11H,4,6H2,1-3H3,(H,20,22). The smallest absolute Gasteiger partial charge is 0.267 e. The van der Waals surface area contributed by atoms with Crippen LogP contribution in [0.3, 0.4) is 0 Å². The first kappa shape index (κ1) is 19.6. The highest BCUT2D eigenvalue weighted by molar-refractivity contribution is 6.32. The maximum absolute atomic E-state index is 11.9. The number of rotatable bonds is 7. The monoisotopic (exact) mass is 349 g/mol. The maximum Gasteiger partial charge on any atom is 0.288 e. The molecule has 24 heavy (non-hydrogen) atoms. The fraction of sp³-hybridized carbons (Fsp3) is 0.294. The van der Waals surface area contributed by atoms with Crippen molar-refractivity contribution in [2.45, 2.75) is 33.6 Å². The summed E-state index contributed by atoms with van der Waals surface area (Å²) in [4.78, 5) is 22.1. The van der Waals surface area contributed by atoms with Gasteiger partial charge in [0, 0.05) is 17.8 Å². The summed E-state index contributed by atoms with van der Waals surface area (Å²) < 4.78 is 0. The van der Waals surface area contributed by atoms with Gasteiger partial charge in [-0.25, -0.2) is 5.43 Å². The van der Waals surface area contributed by atoms with Crippen LogP contribution in [0.15, 0.2) is 46.6 Å². The highest BCUT2D eigenvalue weighted by atomic mass is 35.5. The van der Waals surface area contributed by atoms with Gasteiger partial charge in [-0.3, -0.25) is 14.9 Å². The van der Waals surface area contributed by atoms with Crippen LogP contribution in [-0.2, 0) is 0 Å². The van der Waals surface area contributed by atoms with Crippen molar-refractivity contribution in [3.8, 4) is 0 Å². The number of carbonyl (C=O) groups excluding carboxylic acids is 1. The first-order valence-corrected chi connectivity index (χ1v) is 7.75. The Balaban J connectivity index is 2.61. The SMILES string of the molecule is CC(C)=CCCC(C)=CC=NNC(=O)c1ccc(Cl)c([N+](=O)[O-])c1. The molecule has 0 aliphatic heterocycles. The normalized spacial score (nSPS) is 11.4. The van der Waals surface area contributed by atoms with Gasteiger partial charge in [0.25, 0.3) is 11.6 Å². The van der Waals surface area contributed by atoms with Gasteiger partial charge in [0.05, 0.1) is 4.92 Å². The van der Waals surface area contributed by atoms with Gasteiger partial charge in [0.2, 0.25) is 0 Å². The van der Waals surface area contributed by atoms with E-state index in [4.69, 9.17) is 11.6 Å². The fourth-order valence-electron chi connectivity index (χ4n) is 1.79. The molecule has 7 heteroatoms. The second-order valence-corrected chi connectivity index (χ2v) is 5.88. The minimum Gasteiger partial charge on any atom is -0.267 e. The van der Waals surface area contributed by atoms with E-state index in [9.17, 15) is 14.9 Å². The second kappa shape index (κ2) is 9.62. The van der Waals surface area contributed by atoms with Crippen LogP contribution in [0.25, 0.3) is 0 Å². The number of hydrazone groups is 1. The molecule has 1 N–H and O–H groups in total.